The van der Waals surface area contributed by atoms with Crippen LogP contribution in [-0.4, -0.2) is 43.7 Å². The summed E-state index contributed by atoms with van der Waals surface area (Å²) in [5.74, 6) is -0.462. The molecule has 0 saturated carbocycles. The molecule has 2 N–H and O–H groups in total. The Morgan fingerprint density at radius 1 is 1.20 bits per heavy atom. The van der Waals surface area contributed by atoms with Crippen molar-refractivity contribution in [2.24, 2.45) is 5.10 Å². The summed E-state index contributed by atoms with van der Waals surface area (Å²) in [6, 6.07) is 9.72. The first-order chi connectivity index (χ1) is 14.6. The number of hydrogen-bond donors (Lipinski definition) is 2. The highest BCUT2D eigenvalue weighted by atomic mass is 32.2. The van der Waals surface area contributed by atoms with Crippen LogP contribution in [0.25, 0.3) is 0 Å². The van der Waals surface area contributed by atoms with E-state index in [1.807, 2.05) is 12.1 Å². The van der Waals surface area contributed by atoms with Gasteiger partial charge < -0.3 is 10.2 Å². The lowest BCUT2D eigenvalue weighted by Crippen LogP contribution is -2.51. The fraction of sp³-hybridized carbons (Fsp3) is 0.200. The number of pyridine rings is 1. The van der Waals surface area contributed by atoms with E-state index < -0.39 is 6.17 Å². The lowest BCUT2D eigenvalue weighted by Gasteiger charge is -2.31. The zero-order valence-corrected chi connectivity index (χ0v) is 16.7. The molecule has 10 heteroatoms. The van der Waals surface area contributed by atoms with Crippen molar-refractivity contribution >= 4 is 28.7 Å². The molecule has 1 unspecified atom stereocenters. The van der Waals surface area contributed by atoms with Gasteiger partial charge in [0.05, 0.1) is 12.3 Å². The number of amides is 2. The van der Waals surface area contributed by atoms with Crippen LogP contribution in [0.3, 0.4) is 0 Å². The highest BCUT2D eigenvalue weighted by Gasteiger charge is 2.37. The summed E-state index contributed by atoms with van der Waals surface area (Å²) >= 11 is 1.24. The van der Waals surface area contributed by atoms with Crippen LogP contribution >= 0.6 is 11.8 Å². The van der Waals surface area contributed by atoms with Crippen molar-refractivity contribution < 1.29 is 14.0 Å². The molecule has 0 saturated heterocycles. The van der Waals surface area contributed by atoms with Crippen LogP contribution in [0.1, 0.15) is 11.1 Å². The van der Waals surface area contributed by atoms with E-state index in [1.54, 1.807) is 46.7 Å². The van der Waals surface area contributed by atoms with Crippen LogP contribution < -0.4 is 10.7 Å². The standard InChI is InChI=1S/C20H19FN6O2S/c21-16-5-3-14(4-6-16)12-26-8-9-27-18(19(26)29)24-25-20(27)30-13-17(28)23-11-15-2-1-7-22-10-15/h1-10,18,24H,11-13H2,(H,23,28). The molecule has 0 bridgehead atoms. The molecule has 30 heavy (non-hydrogen) atoms. The van der Waals surface area contributed by atoms with Crippen LogP contribution in [0.4, 0.5) is 4.39 Å². The van der Waals surface area contributed by atoms with E-state index >= 15 is 0 Å². The van der Waals surface area contributed by atoms with Gasteiger partial charge >= 0.3 is 0 Å². The van der Waals surface area contributed by atoms with E-state index in [2.05, 4.69) is 20.8 Å². The van der Waals surface area contributed by atoms with E-state index in [9.17, 15) is 14.0 Å². The second-order valence-electron chi connectivity index (χ2n) is 6.65. The monoisotopic (exact) mass is 426 g/mol. The van der Waals surface area contributed by atoms with Gasteiger partial charge in [-0.3, -0.25) is 24.9 Å². The van der Waals surface area contributed by atoms with Crippen LogP contribution in [0.15, 0.2) is 66.3 Å². The van der Waals surface area contributed by atoms with Crippen molar-refractivity contribution in [3.05, 3.63) is 78.1 Å². The van der Waals surface area contributed by atoms with E-state index in [0.29, 0.717) is 18.3 Å². The van der Waals surface area contributed by atoms with Gasteiger partial charge in [0.2, 0.25) is 12.1 Å². The second kappa shape index (κ2) is 8.95. The molecule has 2 aliphatic rings. The fourth-order valence-corrected chi connectivity index (χ4v) is 3.76. The number of benzene rings is 1. The first kappa shape index (κ1) is 19.9. The lowest BCUT2D eigenvalue weighted by atomic mass is 10.2. The van der Waals surface area contributed by atoms with E-state index in [-0.39, 0.29) is 23.4 Å². The van der Waals surface area contributed by atoms with E-state index in [4.69, 9.17) is 0 Å². The molecule has 1 atom stereocenters. The van der Waals surface area contributed by atoms with Gasteiger partial charge in [-0.05, 0) is 29.3 Å². The van der Waals surface area contributed by atoms with Gasteiger partial charge in [-0.25, -0.2) is 4.39 Å². The number of halogens is 1. The molecule has 2 aromatic rings. The summed E-state index contributed by atoms with van der Waals surface area (Å²) in [5.41, 5.74) is 4.55. The smallest absolute Gasteiger partial charge is 0.272 e. The number of thioether (sulfide) groups is 1. The van der Waals surface area contributed by atoms with Gasteiger partial charge in [0.15, 0.2) is 5.17 Å². The summed E-state index contributed by atoms with van der Waals surface area (Å²) in [4.78, 5) is 32.1. The SMILES string of the molecule is O=C(CSC1=NNC2C(=O)N(Cc3ccc(F)cc3)C=CN12)NCc1cccnc1. The third-order valence-corrected chi connectivity index (χ3v) is 5.48. The Morgan fingerprint density at radius 2 is 2.03 bits per heavy atom. The molecule has 2 aliphatic heterocycles. The van der Waals surface area contributed by atoms with Crippen molar-refractivity contribution in [2.75, 3.05) is 5.75 Å². The van der Waals surface area contributed by atoms with Gasteiger partial charge in [-0.15, -0.1) is 0 Å². The predicted octanol–water partition coefficient (Wildman–Crippen LogP) is 1.59. The number of amidine groups is 1. The van der Waals surface area contributed by atoms with Gasteiger partial charge in [0, 0.05) is 31.3 Å². The molecular weight excluding hydrogens is 407 g/mol. The first-order valence-corrected chi connectivity index (χ1v) is 10.2. The summed E-state index contributed by atoms with van der Waals surface area (Å²) in [7, 11) is 0. The number of fused-ring (bicyclic) bond motifs is 1. The van der Waals surface area contributed by atoms with Crippen molar-refractivity contribution in [1.82, 2.24) is 25.5 Å². The maximum Gasteiger partial charge on any atom is 0.272 e. The van der Waals surface area contributed by atoms with Crippen LogP contribution in [-0.2, 0) is 22.7 Å². The number of nitrogens with zero attached hydrogens (tertiary/aromatic N) is 4. The molecule has 0 radical (unpaired) electrons. The number of rotatable bonds is 6. The Hall–Kier alpha value is -3.40. The minimum atomic E-state index is -0.656. The average molecular weight is 426 g/mol. The van der Waals surface area contributed by atoms with Gasteiger partial charge in [0.25, 0.3) is 5.91 Å². The molecule has 4 rings (SSSR count). The molecule has 1 aromatic carbocycles. The van der Waals surface area contributed by atoms with Crippen molar-refractivity contribution in [1.29, 1.82) is 0 Å². The third kappa shape index (κ3) is 4.60. The van der Waals surface area contributed by atoms with E-state index in [0.717, 1.165) is 11.1 Å². The normalized spacial score (nSPS) is 17.4. The first-order valence-electron chi connectivity index (χ1n) is 9.23. The third-order valence-electron chi connectivity index (χ3n) is 4.52. The maximum absolute atomic E-state index is 13.1. The summed E-state index contributed by atoms with van der Waals surface area (Å²) in [6.07, 6.45) is 6.13. The number of carbonyl (C=O) groups is 2. The van der Waals surface area contributed by atoms with E-state index in [1.165, 1.54) is 23.9 Å². The van der Waals surface area contributed by atoms with Crippen LogP contribution in [0, 0.1) is 5.82 Å². The minimum absolute atomic E-state index is 0.139. The number of hydrogen-bond acceptors (Lipinski definition) is 7. The highest BCUT2D eigenvalue weighted by Crippen LogP contribution is 2.23. The topological polar surface area (TPSA) is 89.9 Å². The number of nitrogens with one attached hydrogen (secondary N) is 2. The molecule has 0 spiro atoms. The molecule has 1 aromatic heterocycles. The van der Waals surface area contributed by atoms with Crippen LogP contribution in [0.5, 0.6) is 0 Å². The fourth-order valence-electron chi connectivity index (χ4n) is 2.96. The summed E-state index contributed by atoms with van der Waals surface area (Å²) in [5, 5.41) is 7.56. The van der Waals surface area contributed by atoms with Crippen molar-refractivity contribution in [3.8, 4) is 0 Å². The van der Waals surface area contributed by atoms with Crippen LogP contribution in [0.2, 0.25) is 0 Å². The largest absolute Gasteiger partial charge is 0.351 e. The lowest BCUT2D eigenvalue weighted by molar-refractivity contribution is -0.134. The van der Waals surface area contributed by atoms with Gasteiger partial charge in [-0.2, -0.15) is 5.10 Å². The number of aromatic nitrogens is 1. The number of carbonyl (C=O) groups excluding carboxylic acids is 2. The Bertz CT molecular complexity index is 983. The Kier molecular flexibility index (Phi) is 5.94. The average Bonchev–Trinajstić information content (AvgIpc) is 3.19. The minimum Gasteiger partial charge on any atom is -0.351 e. The predicted molar refractivity (Wildman–Crippen MR) is 111 cm³/mol. The Labute approximate surface area is 176 Å². The maximum atomic E-state index is 13.1. The quantitative estimate of drug-likeness (QED) is 0.729. The van der Waals surface area contributed by atoms with Gasteiger partial charge in [0.1, 0.15) is 5.82 Å². The molecule has 0 fully saturated rings. The Morgan fingerprint density at radius 3 is 2.80 bits per heavy atom. The summed E-state index contributed by atoms with van der Waals surface area (Å²) in [6.45, 7) is 0.738. The van der Waals surface area contributed by atoms with Crippen molar-refractivity contribution in [3.63, 3.8) is 0 Å². The molecule has 0 aliphatic carbocycles. The molecular formula is C20H19FN6O2S. The molecule has 154 valence electrons. The zero-order chi connectivity index (χ0) is 20.9. The highest BCUT2D eigenvalue weighted by molar-refractivity contribution is 8.14. The second-order valence-corrected chi connectivity index (χ2v) is 7.59. The molecule has 8 nitrogen and oxygen atoms in total. The zero-order valence-electron chi connectivity index (χ0n) is 15.9. The Balaban J connectivity index is 1.29. The number of hydrazone groups is 1. The summed E-state index contributed by atoms with van der Waals surface area (Å²) < 4.78 is 13.1. The van der Waals surface area contributed by atoms with Crippen molar-refractivity contribution in [2.45, 2.75) is 19.3 Å². The van der Waals surface area contributed by atoms with Gasteiger partial charge in [-0.1, -0.05) is 30.0 Å². The molecule has 3 heterocycles. The molecule has 2 amide bonds.